The Morgan fingerprint density at radius 1 is 1.17 bits per heavy atom. The maximum Gasteiger partial charge on any atom is 0.289 e. The molecule has 190 valence electrons. The standard InChI is InChI=1S/C28H32FN3O4/c1-16(2)24(33)27(35)32-12-11-31(15-17(32)3)26(34)23-14-22-25(36-23)20(28(4)9-10-28)13-21(30-22)18-5-7-19(29)8-6-18/h5-8,13-14,16-17,24,33H,9-12,15H2,1-4H3/t17-,24+/m0/s1. The van der Waals surface area contributed by atoms with Crippen LogP contribution in [0.15, 0.2) is 40.8 Å². The highest BCUT2D eigenvalue weighted by Crippen LogP contribution is 2.50. The lowest BCUT2D eigenvalue weighted by Gasteiger charge is -2.40. The summed E-state index contributed by atoms with van der Waals surface area (Å²) < 4.78 is 19.6. The molecule has 3 aromatic rings. The molecule has 2 aromatic heterocycles. The van der Waals surface area contributed by atoms with Crippen molar-refractivity contribution < 1.29 is 23.5 Å². The second-order valence-electron chi connectivity index (χ2n) is 10.8. The number of fused-ring (bicyclic) bond motifs is 1. The van der Waals surface area contributed by atoms with Gasteiger partial charge in [0, 0.05) is 42.9 Å². The number of nitrogens with zero attached hydrogens (tertiary/aromatic N) is 3. The molecule has 0 radical (unpaired) electrons. The Labute approximate surface area is 209 Å². The predicted octanol–water partition coefficient (Wildman–Crippen LogP) is 4.38. The van der Waals surface area contributed by atoms with Gasteiger partial charge in [-0.05, 0) is 61.4 Å². The topological polar surface area (TPSA) is 86.9 Å². The van der Waals surface area contributed by atoms with Gasteiger partial charge in [-0.2, -0.15) is 0 Å². The quantitative estimate of drug-likeness (QED) is 0.570. The molecule has 8 heteroatoms. The number of aliphatic hydroxyl groups excluding tert-OH is 1. The zero-order valence-corrected chi connectivity index (χ0v) is 21.1. The third kappa shape index (κ3) is 4.39. The van der Waals surface area contributed by atoms with Crippen molar-refractivity contribution in [2.45, 2.75) is 58.1 Å². The van der Waals surface area contributed by atoms with Crippen molar-refractivity contribution in [2.24, 2.45) is 5.92 Å². The number of pyridine rings is 1. The van der Waals surface area contributed by atoms with Gasteiger partial charge in [0.1, 0.15) is 17.4 Å². The Morgan fingerprint density at radius 2 is 1.86 bits per heavy atom. The fourth-order valence-electron chi connectivity index (χ4n) is 4.88. The van der Waals surface area contributed by atoms with E-state index in [0.29, 0.717) is 30.7 Å². The summed E-state index contributed by atoms with van der Waals surface area (Å²) in [6.07, 6.45) is 0.997. The Bertz CT molecular complexity index is 1310. The van der Waals surface area contributed by atoms with Gasteiger partial charge in [0.15, 0.2) is 11.3 Å². The first-order valence-electron chi connectivity index (χ1n) is 12.6. The van der Waals surface area contributed by atoms with Gasteiger partial charge in [-0.15, -0.1) is 0 Å². The van der Waals surface area contributed by atoms with E-state index in [-0.39, 0.29) is 40.8 Å². The molecule has 36 heavy (non-hydrogen) atoms. The number of aliphatic hydroxyl groups is 1. The van der Waals surface area contributed by atoms with Crippen LogP contribution >= 0.6 is 0 Å². The summed E-state index contributed by atoms with van der Waals surface area (Å²) in [5, 5.41) is 10.2. The number of furan rings is 1. The molecule has 1 saturated carbocycles. The van der Waals surface area contributed by atoms with E-state index >= 15 is 0 Å². The number of rotatable bonds is 5. The lowest BCUT2D eigenvalue weighted by Crippen LogP contribution is -2.57. The number of carbonyl (C=O) groups is 2. The molecule has 2 aliphatic rings. The van der Waals surface area contributed by atoms with Crippen molar-refractivity contribution in [3.63, 3.8) is 0 Å². The third-order valence-electron chi connectivity index (χ3n) is 7.56. The number of benzene rings is 1. The van der Waals surface area contributed by atoms with Crippen LogP contribution in [0, 0.1) is 11.7 Å². The van der Waals surface area contributed by atoms with Gasteiger partial charge in [-0.25, -0.2) is 9.37 Å². The summed E-state index contributed by atoms with van der Waals surface area (Å²) >= 11 is 0. The van der Waals surface area contributed by atoms with Crippen molar-refractivity contribution in [1.29, 1.82) is 0 Å². The Hall–Kier alpha value is -3.26. The number of aromatic nitrogens is 1. The minimum absolute atomic E-state index is 0.0358. The average Bonchev–Trinajstić information content (AvgIpc) is 3.46. The van der Waals surface area contributed by atoms with E-state index in [0.717, 1.165) is 29.7 Å². The van der Waals surface area contributed by atoms with E-state index in [1.165, 1.54) is 12.1 Å². The lowest BCUT2D eigenvalue weighted by atomic mass is 9.96. The van der Waals surface area contributed by atoms with E-state index in [2.05, 4.69) is 6.92 Å². The molecule has 1 saturated heterocycles. The molecular weight excluding hydrogens is 461 g/mol. The van der Waals surface area contributed by atoms with Crippen LogP contribution in [0.25, 0.3) is 22.4 Å². The van der Waals surface area contributed by atoms with E-state index < -0.39 is 6.10 Å². The monoisotopic (exact) mass is 493 g/mol. The Kier molecular flexibility index (Phi) is 6.11. The summed E-state index contributed by atoms with van der Waals surface area (Å²) in [5.74, 6) is -0.803. The fourth-order valence-corrected chi connectivity index (χ4v) is 4.88. The minimum Gasteiger partial charge on any atom is -0.449 e. The van der Waals surface area contributed by atoms with Crippen molar-refractivity contribution >= 4 is 22.9 Å². The maximum absolute atomic E-state index is 13.5. The number of piperazine rings is 1. The molecule has 2 atom stereocenters. The van der Waals surface area contributed by atoms with Crippen LogP contribution in [0.3, 0.4) is 0 Å². The van der Waals surface area contributed by atoms with Crippen LogP contribution in [-0.2, 0) is 10.2 Å². The molecular formula is C28H32FN3O4. The zero-order chi connectivity index (χ0) is 25.8. The van der Waals surface area contributed by atoms with E-state index in [1.807, 2.05) is 13.0 Å². The molecule has 1 aliphatic heterocycles. The summed E-state index contributed by atoms with van der Waals surface area (Å²) in [5.41, 5.74) is 3.71. The highest BCUT2D eigenvalue weighted by molar-refractivity contribution is 5.96. The lowest BCUT2D eigenvalue weighted by molar-refractivity contribution is -0.146. The fraction of sp³-hybridized carbons (Fsp3) is 0.464. The van der Waals surface area contributed by atoms with Gasteiger partial charge in [-0.1, -0.05) is 20.8 Å². The third-order valence-corrected chi connectivity index (χ3v) is 7.56. The van der Waals surface area contributed by atoms with Gasteiger partial charge in [0.25, 0.3) is 11.8 Å². The molecule has 2 amide bonds. The number of hydrogen-bond donors (Lipinski definition) is 1. The van der Waals surface area contributed by atoms with Crippen molar-refractivity contribution in [1.82, 2.24) is 14.8 Å². The maximum atomic E-state index is 13.5. The van der Waals surface area contributed by atoms with Crippen LogP contribution in [0.2, 0.25) is 0 Å². The molecule has 5 rings (SSSR count). The average molecular weight is 494 g/mol. The van der Waals surface area contributed by atoms with E-state index in [4.69, 9.17) is 9.40 Å². The second-order valence-corrected chi connectivity index (χ2v) is 10.8. The predicted molar refractivity (Wildman–Crippen MR) is 134 cm³/mol. The van der Waals surface area contributed by atoms with E-state index in [9.17, 15) is 19.1 Å². The van der Waals surface area contributed by atoms with Gasteiger partial charge in [0.2, 0.25) is 0 Å². The molecule has 2 fully saturated rings. The van der Waals surface area contributed by atoms with Gasteiger partial charge < -0.3 is 19.3 Å². The molecule has 0 spiro atoms. The van der Waals surface area contributed by atoms with Gasteiger partial charge >= 0.3 is 0 Å². The molecule has 0 unspecified atom stereocenters. The number of halogens is 1. The first kappa shape index (κ1) is 24.4. The zero-order valence-electron chi connectivity index (χ0n) is 21.1. The Morgan fingerprint density at radius 3 is 2.47 bits per heavy atom. The van der Waals surface area contributed by atoms with Crippen LogP contribution < -0.4 is 0 Å². The first-order valence-corrected chi connectivity index (χ1v) is 12.6. The van der Waals surface area contributed by atoms with Crippen molar-refractivity contribution in [3.8, 4) is 11.3 Å². The number of amides is 2. The molecule has 0 bridgehead atoms. The summed E-state index contributed by atoms with van der Waals surface area (Å²) in [6, 6.07) is 9.68. The van der Waals surface area contributed by atoms with Crippen LogP contribution in [0.1, 0.15) is 56.7 Å². The van der Waals surface area contributed by atoms with Crippen molar-refractivity contribution in [2.75, 3.05) is 19.6 Å². The van der Waals surface area contributed by atoms with Crippen LogP contribution in [-0.4, -0.2) is 63.5 Å². The van der Waals surface area contributed by atoms with E-state index in [1.54, 1.807) is 41.8 Å². The molecule has 1 N–H and O–H groups in total. The number of hydrogen-bond acceptors (Lipinski definition) is 5. The van der Waals surface area contributed by atoms with Gasteiger partial charge in [0.05, 0.1) is 5.69 Å². The molecule has 7 nitrogen and oxygen atoms in total. The van der Waals surface area contributed by atoms with Crippen LogP contribution in [0.5, 0.6) is 0 Å². The molecule has 1 aromatic carbocycles. The molecule has 1 aliphatic carbocycles. The SMILES string of the molecule is CC(C)[C@@H](O)C(=O)N1CCN(C(=O)c2cc3nc(-c4ccc(F)cc4)cc(C4(C)CC4)c3o2)C[C@@H]1C. The smallest absolute Gasteiger partial charge is 0.289 e. The molecule has 3 heterocycles. The summed E-state index contributed by atoms with van der Waals surface area (Å²) in [6.45, 7) is 8.73. The summed E-state index contributed by atoms with van der Waals surface area (Å²) in [7, 11) is 0. The minimum atomic E-state index is -1.05. The highest BCUT2D eigenvalue weighted by Gasteiger charge is 2.42. The summed E-state index contributed by atoms with van der Waals surface area (Å²) in [4.78, 5) is 34.1. The normalized spacial score (nSPS) is 20.1. The first-order chi connectivity index (χ1) is 17.1. The number of carbonyl (C=O) groups excluding carboxylic acids is 2. The van der Waals surface area contributed by atoms with Crippen LogP contribution in [0.4, 0.5) is 4.39 Å². The Balaban J connectivity index is 1.42. The van der Waals surface area contributed by atoms with Crippen molar-refractivity contribution in [3.05, 3.63) is 53.5 Å². The largest absolute Gasteiger partial charge is 0.449 e. The second kappa shape index (κ2) is 9.00. The highest BCUT2D eigenvalue weighted by atomic mass is 19.1. The van der Waals surface area contributed by atoms with Gasteiger partial charge in [-0.3, -0.25) is 9.59 Å².